The molecule has 0 saturated carbocycles. The average Bonchev–Trinajstić information content (AvgIpc) is 2.45. The Balaban J connectivity index is 2.83. The van der Waals surface area contributed by atoms with E-state index in [2.05, 4.69) is 57.4 Å². The van der Waals surface area contributed by atoms with Crippen LogP contribution in [0, 0.1) is 3.57 Å². The molecule has 0 aliphatic rings. The third-order valence-corrected chi connectivity index (χ3v) is 3.60. The molecule has 1 aromatic heterocycles. The lowest BCUT2D eigenvalue weighted by molar-refractivity contribution is 0.817. The largest absolute Gasteiger partial charge is 0.322 e. The van der Waals surface area contributed by atoms with E-state index in [1.54, 1.807) is 11.8 Å². The van der Waals surface area contributed by atoms with E-state index in [-0.39, 0.29) is 0 Å². The number of benzene rings is 1. The Morgan fingerprint density at radius 2 is 2.23 bits per heavy atom. The normalized spacial score (nSPS) is 11.0. The molecule has 0 bridgehead atoms. The Bertz CT molecular complexity index is 450. The van der Waals surface area contributed by atoms with Crippen molar-refractivity contribution in [2.75, 3.05) is 6.26 Å². The van der Waals surface area contributed by atoms with Crippen molar-refractivity contribution >= 4 is 45.4 Å². The van der Waals surface area contributed by atoms with Crippen LogP contribution < -0.4 is 0 Å². The van der Waals surface area contributed by atoms with Gasteiger partial charge in [0.2, 0.25) is 0 Å². The summed E-state index contributed by atoms with van der Waals surface area (Å²) in [5, 5.41) is 1.07. The predicted molar refractivity (Wildman–Crippen MR) is 65.2 cm³/mol. The first-order chi connectivity index (χ1) is 6.24. The molecule has 0 aliphatic carbocycles. The van der Waals surface area contributed by atoms with Crippen LogP contribution in [0.4, 0.5) is 0 Å². The number of fused-ring (bicyclic) bond motifs is 1. The molecule has 0 aliphatic heterocycles. The first-order valence-electron chi connectivity index (χ1n) is 3.89. The Kier molecular flexibility index (Phi) is 2.51. The van der Waals surface area contributed by atoms with Crippen LogP contribution in [0.2, 0.25) is 0 Å². The number of imidazole rings is 1. The van der Waals surface area contributed by atoms with Crippen LogP contribution in [0.1, 0.15) is 0 Å². The molecule has 0 N–H and O–H groups in total. The molecular weight excluding hydrogens is 295 g/mol. The molecule has 2 aromatic rings. The molecule has 0 spiro atoms. The van der Waals surface area contributed by atoms with Gasteiger partial charge < -0.3 is 4.57 Å². The number of halogens is 1. The van der Waals surface area contributed by atoms with Crippen molar-refractivity contribution in [3.05, 3.63) is 21.8 Å². The van der Waals surface area contributed by atoms with Gasteiger partial charge >= 0.3 is 0 Å². The van der Waals surface area contributed by atoms with E-state index in [0.717, 1.165) is 10.7 Å². The molecular formula is C9H9IN2S. The minimum Gasteiger partial charge on any atom is -0.322 e. The van der Waals surface area contributed by atoms with Gasteiger partial charge in [-0.3, -0.25) is 0 Å². The van der Waals surface area contributed by atoms with Gasteiger partial charge in [-0.25, -0.2) is 4.98 Å². The third kappa shape index (κ3) is 1.46. The number of hydrogen-bond donors (Lipinski definition) is 0. The summed E-state index contributed by atoms with van der Waals surface area (Å²) in [7, 11) is 2.05. The zero-order valence-corrected chi connectivity index (χ0v) is 10.4. The number of thioether (sulfide) groups is 1. The summed E-state index contributed by atoms with van der Waals surface area (Å²) in [6.07, 6.45) is 2.05. The number of nitrogens with zero attached hydrogens (tertiary/aromatic N) is 2. The summed E-state index contributed by atoms with van der Waals surface area (Å²) in [6.45, 7) is 0. The van der Waals surface area contributed by atoms with Gasteiger partial charge in [-0.05, 0) is 41.0 Å². The van der Waals surface area contributed by atoms with Crippen LogP contribution in [-0.4, -0.2) is 15.8 Å². The highest BCUT2D eigenvalue weighted by Crippen LogP contribution is 2.24. The minimum absolute atomic E-state index is 1.07. The van der Waals surface area contributed by atoms with Crippen LogP contribution in [0.15, 0.2) is 23.4 Å². The highest BCUT2D eigenvalue weighted by molar-refractivity contribution is 14.1. The van der Waals surface area contributed by atoms with E-state index in [4.69, 9.17) is 0 Å². The maximum atomic E-state index is 4.55. The first kappa shape index (κ1) is 9.33. The molecule has 68 valence electrons. The highest BCUT2D eigenvalue weighted by atomic mass is 127. The van der Waals surface area contributed by atoms with Crippen molar-refractivity contribution in [1.82, 2.24) is 9.55 Å². The van der Waals surface area contributed by atoms with Crippen molar-refractivity contribution in [3.8, 4) is 0 Å². The summed E-state index contributed by atoms with van der Waals surface area (Å²) in [6, 6.07) is 6.25. The Morgan fingerprint density at radius 3 is 2.85 bits per heavy atom. The second kappa shape index (κ2) is 3.49. The van der Waals surface area contributed by atoms with Crippen molar-refractivity contribution in [2.45, 2.75) is 5.16 Å². The molecule has 0 unspecified atom stereocenters. The molecule has 1 heterocycles. The van der Waals surface area contributed by atoms with E-state index in [1.165, 1.54) is 9.09 Å². The number of aromatic nitrogens is 2. The van der Waals surface area contributed by atoms with Crippen molar-refractivity contribution in [2.24, 2.45) is 7.05 Å². The van der Waals surface area contributed by atoms with E-state index in [0.29, 0.717) is 0 Å². The van der Waals surface area contributed by atoms with Gasteiger partial charge in [0.05, 0.1) is 5.52 Å². The number of para-hydroxylation sites is 1. The molecule has 0 fully saturated rings. The highest BCUT2D eigenvalue weighted by Gasteiger charge is 2.07. The monoisotopic (exact) mass is 304 g/mol. The van der Waals surface area contributed by atoms with Gasteiger partial charge in [0.1, 0.15) is 5.52 Å². The molecule has 2 nitrogen and oxygen atoms in total. The lowest BCUT2D eigenvalue weighted by Gasteiger charge is -1.96. The van der Waals surface area contributed by atoms with Crippen molar-refractivity contribution < 1.29 is 0 Å². The molecule has 1 aromatic carbocycles. The molecule has 0 amide bonds. The fourth-order valence-electron chi connectivity index (χ4n) is 1.34. The standard InChI is InChI=1S/C9H9IN2S/c1-12-7-5-3-4-6(10)8(7)11-9(12)13-2/h3-5H,1-2H3. The van der Waals surface area contributed by atoms with Crippen LogP contribution in [0.5, 0.6) is 0 Å². The topological polar surface area (TPSA) is 17.8 Å². The Morgan fingerprint density at radius 1 is 1.46 bits per heavy atom. The maximum absolute atomic E-state index is 4.55. The van der Waals surface area contributed by atoms with Crippen LogP contribution in [-0.2, 0) is 7.05 Å². The zero-order chi connectivity index (χ0) is 9.42. The van der Waals surface area contributed by atoms with Crippen molar-refractivity contribution in [3.63, 3.8) is 0 Å². The molecule has 0 atom stereocenters. The third-order valence-electron chi connectivity index (χ3n) is 2.00. The van der Waals surface area contributed by atoms with E-state index in [9.17, 15) is 0 Å². The molecule has 0 radical (unpaired) electrons. The fraction of sp³-hybridized carbons (Fsp3) is 0.222. The van der Waals surface area contributed by atoms with Gasteiger partial charge in [0.15, 0.2) is 5.16 Å². The number of hydrogen-bond acceptors (Lipinski definition) is 2. The summed E-state index contributed by atoms with van der Waals surface area (Å²) in [5.41, 5.74) is 2.31. The summed E-state index contributed by atoms with van der Waals surface area (Å²) in [4.78, 5) is 4.55. The molecule has 4 heteroatoms. The second-order valence-corrected chi connectivity index (χ2v) is 4.70. The lowest BCUT2D eigenvalue weighted by atomic mass is 10.3. The van der Waals surface area contributed by atoms with Gasteiger partial charge in [-0.15, -0.1) is 0 Å². The smallest absolute Gasteiger partial charge is 0.168 e. The van der Waals surface area contributed by atoms with E-state index >= 15 is 0 Å². The summed E-state index contributed by atoms with van der Waals surface area (Å²) < 4.78 is 3.34. The fourth-order valence-corrected chi connectivity index (χ4v) is 2.50. The molecule has 13 heavy (non-hydrogen) atoms. The maximum Gasteiger partial charge on any atom is 0.168 e. The minimum atomic E-state index is 1.07. The average molecular weight is 304 g/mol. The molecule has 2 rings (SSSR count). The van der Waals surface area contributed by atoms with Crippen LogP contribution in [0.3, 0.4) is 0 Å². The molecule has 0 saturated heterocycles. The Labute approximate surface area is 94.9 Å². The summed E-state index contributed by atoms with van der Waals surface area (Å²) >= 11 is 4.00. The van der Waals surface area contributed by atoms with Crippen LogP contribution >= 0.6 is 34.4 Å². The SMILES string of the molecule is CSc1nc2c(I)cccc2n1C. The van der Waals surface area contributed by atoms with Crippen molar-refractivity contribution in [1.29, 1.82) is 0 Å². The lowest BCUT2D eigenvalue weighted by Crippen LogP contribution is -1.88. The number of rotatable bonds is 1. The predicted octanol–water partition coefficient (Wildman–Crippen LogP) is 2.90. The van der Waals surface area contributed by atoms with Crippen LogP contribution in [0.25, 0.3) is 11.0 Å². The second-order valence-electron chi connectivity index (χ2n) is 2.77. The summed E-state index contributed by atoms with van der Waals surface area (Å²) in [5.74, 6) is 0. The van der Waals surface area contributed by atoms with Gasteiger partial charge in [-0.2, -0.15) is 0 Å². The van der Waals surface area contributed by atoms with Gasteiger partial charge in [0.25, 0.3) is 0 Å². The quantitative estimate of drug-likeness (QED) is 0.595. The van der Waals surface area contributed by atoms with Gasteiger partial charge in [-0.1, -0.05) is 17.8 Å². The van der Waals surface area contributed by atoms with E-state index < -0.39 is 0 Å². The zero-order valence-electron chi connectivity index (χ0n) is 7.41. The van der Waals surface area contributed by atoms with E-state index in [1.807, 2.05) is 6.26 Å². The Hall–Kier alpha value is -0.230. The number of aryl methyl sites for hydroxylation is 1. The first-order valence-corrected chi connectivity index (χ1v) is 6.19. The van der Waals surface area contributed by atoms with Gasteiger partial charge in [0, 0.05) is 10.6 Å².